The molecule has 0 amide bonds. The number of carbonyl (C=O) groups is 4. The van der Waals surface area contributed by atoms with Crippen molar-refractivity contribution in [2.24, 2.45) is 0 Å². The maximum absolute atomic E-state index is 11.9. The first kappa shape index (κ1) is 21.6. The summed E-state index contributed by atoms with van der Waals surface area (Å²) in [5.41, 5.74) is 0. The first-order chi connectivity index (χ1) is 12.2. The smallest absolute Gasteiger partial charge is 0.330 e. The van der Waals surface area contributed by atoms with Gasteiger partial charge >= 0.3 is 17.9 Å². The Morgan fingerprint density at radius 2 is 1.77 bits per heavy atom. The molecule has 1 aliphatic heterocycles. The van der Waals surface area contributed by atoms with E-state index in [1.165, 1.54) is 26.0 Å². The number of aliphatic hydroxyl groups is 1. The second-order valence-corrected chi connectivity index (χ2v) is 6.10. The van der Waals surface area contributed by atoms with Crippen molar-refractivity contribution in [3.05, 3.63) is 24.3 Å². The number of hydrogen-bond acceptors (Lipinski definition) is 8. The van der Waals surface area contributed by atoms with Crippen molar-refractivity contribution in [2.75, 3.05) is 0 Å². The third-order valence-electron chi connectivity index (χ3n) is 3.46. The molecule has 1 N–H and O–H groups in total. The van der Waals surface area contributed by atoms with E-state index in [0.29, 0.717) is 0 Å². The Kier molecular flexibility index (Phi) is 8.71. The highest BCUT2D eigenvalue weighted by atomic mass is 16.6. The van der Waals surface area contributed by atoms with Gasteiger partial charge in [-0.2, -0.15) is 0 Å². The van der Waals surface area contributed by atoms with Crippen LogP contribution in [-0.4, -0.2) is 53.2 Å². The van der Waals surface area contributed by atoms with E-state index in [1.54, 1.807) is 6.92 Å². The van der Waals surface area contributed by atoms with Crippen LogP contribution >= 0.6 is 0 Å². The van der Waals surface area contributed by atoms with Crippen LogP contribution in [-0.2, 0) is 33.4 Å². The monoisotopic (exact) mass is 368 g/mol. The predicted molar refractivity (Wildman–Crippen MR) is 89.8 cm³/mol. The van der Waals surface area contributed by atoms with Gasteiger partial charge in [0.2, 0.25) is 0 Å². The Morgan fingerprint density at radius 1 is 1.12 bits per heavy atom. The van der Waals surface area contributed by atoms with E-state index in [4.69, 9.17) is 14.2 Å². The highest BCUT2D eigenvalue weighted by Crippen LogP contribution is 2.11. The van der Waals surface area contributed by atoms with Crippen LogP contribution in [0.25, 0.3) is 0 Å². The predicted octanol–water partition coefficient (Wildman–Crippen LogP) is 1.01. The fourth-order valence-corrected chi connectivity index (χ4v) is 2.17. The van der Waals surface area contributed by atoms with E-state index in [-0.39, 0.29) is 25.0 Å². The molecule has 0 fully saturated rings. The zero-order valence-corrected chi connectivity index (χ0v) is 15.0. The molecule has 0 bridgehead atoms. The van der Waals surface area contributed by atoms with Crippen LogP contribution in [0.1, 0.15) is 40.0 Å². The number of ether oxygens (including phenoxy) is 3. The Bertz CT molecular complexity index is 592. The normalized spacial score (nSPS) is 31.3. The lowest BCUT2D eigenvalue weighted by Gasteiger charge is -2.18. The Hall–Kier alpha value is -2.48. The molecule has 0 aliphatic carbocycles. The molecule has 8 heteroatoms. The van der Waals surface area contributed by atoms with Crippen LogP contribution in [0.15, 0.2) is 24.3 Å². The first-order valence-electron chi connectivity index (χ1n) is 8.30. The summed E-state index contributed by atoms with van der Waals surface area (Å²) in [6, 6.07) is 0. The van der Waals surface area contributed by atoms with Gasteiger partial charge in [-0.3, -0.25) is 9.59 Å². The third-order valence-corrected chi connectivity index (χ3v) is 3.46. The lowest BCUT2D eigenvalue weighted by Crippen LogP contribution is -2.28. The molecule has 26 heavy (non-hydrogen) atoms. The van der Waals surface area contributed by atoms with Crippen molar-refractivity contribution >= 4 is 23.7 Å². The molecule has 1 aliphatic rings. The zero-order valence-electron chi connectivity index (χ0n) is 15.0. The molecule has 0 radical (unpaired) electrons. The number of carbonyl (C=O) groups excluding carboxylic acids is 4. The van der Waals surface area contributed by atoms with Gasteiger partial charge in [0.1, 0.15) is 30.2 Å². The van der Waals surface area contributed by atoms with E-state index < -0.39 is 42.3 Å². The van der Waals surface area contributed by atoms with Crippen molar-refractivity contribution in [1.82, 2.24) is 0 Å². The van der Waals surface area contributed by atoms with Crippen molar-refractivity contribution < 1.29 is 38.5 Å². The molecule has 0 aromatic heterocycles. The van der Waals surface area contributed by atoms with Gasteiger partial charge in [-0.15, -0.1) is 0 Å². The fraction of sp³-hybridized carbons (Fsp3) is 0.556. The van der Waals surface area contributed by atoms with Gasteiger partial charge in [-0.05, 0) is 26.8 Å². The van der Waals surface area contributed by atoms with Crippen LogP contribution in [0.2, 0.25) is 0 Å². The first-order valence-corrected chi connectivity index (χ1v) is 8.30. The van der Waals surface area contributed by atoms with Crippen LogP contribution < -0.4 is 0 Å². The number of rotatable bonds is 2. The standard InChI is InChI=1S/C18H24O8/c1-11(19)9-14-10-18(23)24-12(2)5-4-6-16(21)25-13(3)15(20)7-8-17(22)26-14/h4,6-8,12-15,20H,5,9-10H2,1-3H3/b6-4+,8-7+/t12-,13-,14+,15+/m0/s1. The molecule has 4 atom stereocenters. The van der Waals surface area contributed by atoms with Gasteiger partial charge < -0.3 is 19.3 Å². The summed E-state index contributed by atoms with van der Waals surface area (Å²) in [5, 5.41) is 9.89. The van der Waals surface area contributed by atoms with Crippen LogP contribution in [0.5, 0.6) is 0 Å². The molecule has 0 saturated carbocycles. The summed E-state index contributed by atoms with van der Waals surface area (Å²) in [6.07, 6.45) is 1.04. The van der Waals surface area contributed by atoms with Gasteiger partial charge in [0, 0.05) is 25.0 Å². The van der Waals surface area contributed by atoms with Gasteiger partial charge in [0.05, 0.1) is 6.42 Å². The SMILES string of the molecule is CC(=O)C[C@@H]1CC(=O)O[C@@H](C)C/C=C/C(=O)O[C@@H](C)[C@H](O)/C=C/C(=O)O1. The van der Waals surface area contributed by atoms with Crippen LogP contribution in [0, 0.1) is 0 Å². The van der Waals surface area contributed by atoms with E-state index in [1.807, 2.05) is 0 Å². The van der Waals surface area contributed by atoms with Gasteiger partial charge in [0.15, 0.2) is 0 Å². The lowest BCUT2D eigenvalue weighted by atomic mass is 10.1. The molecule has 0 saturated heterocycles. The second-order valence-electron chi connectivity index (χ2n) is 6.10. The highest BCUT2D eigenvalue weighted by molar-refractivity contribution is 5.84. The quantitative estimate of drug-likeness (QED) is 0.567. The summed E-state index contributed by atoms with van der Waals surface area (Å²) in [4.78, 5) is 46.8. The minimum Gasteiger partial charge on any atom is -0.462 e. The van der Waals surface area contributed by atoms with Crippen LogP contribution in [0.3, 0.4) is 0 Å². The van der Waals surface area contributed by atoms with E-state index in [0.717, 1.165) is 12.2 Å². The molecular weight excluding hydrogens is 344 g/mol. The maximum Gasteiger partial charge on any atom is 0.330 e. The van der Waals surface area contributed by atoms with Crippen molar-refractivity contribution in [3.8, 4) is 0 Å². The minimum atomic E-state index is -1.22. The summed E-state index contributed by atoms with van der Waals surface area (Å²) >= 11 is 0. The lowest BCUT2D eigenvalue weighted by molar-refractivity contribution is -0.155. The summed E-state index contributed by atoms with van der Waals surface area (Å²) < 4.78 is 15.3. The van der Waals surface area contributed by atoms with Gasteiger partial charge in [0.25, 0.3) is 0 Å². The zero-order chi connectivity index (χ0) is 19.7. The summed E-state index contributed by atoms with van der Waals surface area (Å²) in [7, 11) is 0. The number of esters is 3. The average molecular weight is 368 g/mol. The van der Waals surface area contributed by atoms with Crippen molar-refractivity contribution in [3.63, 3.8) is 0 Å². The fourth-order valence-electron chi connectivity index (χ4n) is 2.17. The van der Waals surface area contributed by atoms with Gasteiger partial charge in [-0.25, -0.2) is 9.59 Å². The molecule has 1 heterocycles. The Labute approximate surface area is 151 Å². The number of Topliss-reactive ketones (excluding diaryl/α,β-unsaturated/α-hetero) is 1. The van der Waals surface area contributed by atoms with Crippen molar-refractivity contribution in [1.29, 1.82) is 0 Å². The molecule has 0 unspecified atom stereocenters. The molecule has 144 valence electrons. The summed E-state index contributed by atoms with van der Waals surface area (Å²) in [6.45, 7) is 4.43. The molecule has 0 spiro atoms. The van der Waals surface area contributed by atoms with Gasteiger partial charge in [-0.1, -0.05) is 6.08 Å². The molecule has 8 nitrogen and oxygen atoms in total. The van der Waals surface area contributed by atoms with E-state index in [2.05, 4.69) is 0 Å². The highest BCUT2D eigenvalue weighted by Gasteiger charge is 2.22. The second kappa shape index (κ2) is 10.5. The number of aliphatic hydroxyl groups excluding tert-OH is 1. The topological polar surface area (TPSA) is 116 Å². The number of hydrogen-bond donors (Lipinski definition) is 1. The molecule has 0 aromatic rings. The number of ketones is 1. The molecular formula is C18H24O8. The van der Waals surface area contributed by atoms with E-state index >= 15 is 0 Å². The molecule has 0 aromatic carbocycles. The van der Waals surface area contributed by atoms with E-state index in [9.17, 15) is 24.3 Å². The number of cyclic esters (lactones) is 3. The Balaban J connectivity index is 2.94. The minimum absolute atomic E-state index is 0.125. The van der Waals surface area contributed by atoms with Crippen LogP contribution in [0.4, 0.5) is 0 Å². The maximum atomic E-state index is 11.9. The molecule has 1 rings (SSSR count). The largest absolute Gasteiger partial charge is 0.462 e. The third kappa shape index (κ3) is 8.57. The summed E-state index contributed by atoms with van der Waals surface area (Å²) in [5.74, 6) is -2.37. The average Bonchev–Trinajstić information content (AvgIpc) is 2.50. The van der Waals surface area contributed by atoms with Crippen molar-refractivity contribution in [2.45, 2.75) is 64.4 Å². The Morgan fingerprint density at radius 3 is 2.42 bits per heavy atom.